The van der Waals surface area contributed by atoms with Crippen LogP contribution in [0.15, 0.2) is 33.2 Å². The Morgan fingerprint density at radius 3 is 2.43 bits per heavy atom. The maximum absolute atomic E-state index is 5.66. The van der Waals surface area contributed by atoms with E-state index in [-0.39, 0.29) is 5.35 Å². The predicted molar refractivity (Wildman–Crippen MR) is 59.4 cm³/mol. The highest BCUT2D eigenvalue weighted by atomic mass is 79.9. The summed E-state index contributed by atoms with van der Waals surface area (Å²) in [6.45, 7) is 1.87. The lowest BCUT2D eigenvalue weighted by Gasteiger charge is -1.97. The van der Waals surface area contributed by atoms with E-state index in [0.717, 1.165) is 21.5 Å². The number of oxazole rings is 1. The Hall–Kier alpha value is -0.800. The molecule has 4 heteroatoms. The molecule has 2 aromatic rings. The number of halogens is 2. The first kappa shape index (κ1) is 9.74. The molecule has 1 aromatic heterocycles. The molecule has 0 atom stereocenters. The Bertz CT molecular complexity index is 450. The molecular weight excluding hydrogens is 265 g/mol. The van der Waals surface area contributed by atoms with Gasteiger partial charge in [-0.3, -0.25) is 0 Å². The number of rotatable bonds is 1. The molecule has 14 heavy (non-hydrogen) atoms. The molecule has 0 unspecified atom stereocenters. The molecule has 0 N–H and O–H groups in total. The van der Waals surface area contributed by atoms with E-state index in [1.165, 1.54) is 0 Å². The van der Waals surface area contributed by atoms with Gasteiger partial charge in [0.05, 0.1) is 5.69 Å². The number of aromatic nitrogens is 1. The van der Waals surface area contributed by atoms with E-state index >= 15 is 0 Å². The van der Waals surface area contributed by atoms with Gasteiger partial charge in [0, 0.05) is 10.0 Å². The summed E-state index contributed by atoms with van der Waals surface area (Å²) >= 11 is 9.03. The maximum atomic E-state index is 5.66. The highest BCUT2D eigenvalue weighted by Gasteiger charge is 2.09. The van der Waals surface area contributed by atoms with E-state index in [2.05, 4.69) is 20.9 Å². The second-order valence-corrected chi connectivity index (χ2v) is 4.13. The van der Waals surface area contributed by atoms with Gasteiger partial charge < -0.3 is 4.42 Å². The second-order valence-electron chi connectivity index (χ2n) is 2.89. The zero-order valence-electron chi connectivity index (χ0n) is 7.42. The third kappa shape index (κ3) is 1.83. The monoisotopic (exact) mass is 271 g/mol. The maximum Gasteiger partial charge on any atom is 0.292 e. The number of hydrogen-bond acceptors (Lipinski definition) is 2. The van der Waals surface area contributed by atoms with Crippen molar-refractivity contribution in [3.63, 3.8) is 0 Å². The molecule has 1 aromatic carbocycles. The normalized spacial score (nSPS) is 10.5. The van der Waals surface area contributed by atoms with Crippen LogP contribution >= 0.6 is 27.5 Å². The molecule has 0 saturated heterocycles. The summed E-state index contributed by atoms with van der Waals surface area (Å²) in [5.74, 6) is 0.725. The molecule has 0 saturated carbocycles. The topological polar surface area (TPSA) is 26.0 Å². The van der Waals surface area contributed by atoms with Crippen molar-refractivity contribution < 1.29 is 4.42 Å². The van der Waals surface area contributed by atoms with Gasteiger partial charge in [-0.05, 0) is 30.7 Å². The van der Waals surface area contributed by atoms with Crippen molar-refractivity contribution in [3.05, 3.63) is 39.8 Å². The summed E-state index contributed by atoms with van der Waals surface area (Å²) in [5, 5.41) is 0.181. The molecule has 0 radical (unpaired) electrons. The van der Waals surface area contributed by atoms with E-state index in [1.54, 1.807) is 0 Å². The molecule has 72 valence electrons. The number of nitrogens with zero attached hydrogens (tertiary/aromatic N) is 1. The van der Waals surface area contributed by atoms with Crippen molar-refractivity contribution in [3.8, 4) is 11.3 Å². The quantitative estimate of drug-likeness (QED) is 0.782. The fourth-order valence-corrected chi connectivity index (χ4v) is 1.70. The van der Waals surface area contributed by atoms with E-state index in [4.69, 9.17) is 16.0 Å². The molecule has 0 aliphatic heterocycles. The molecule has 0 amide bonds. The zero-order chi connectivity index (χ0) is 10.1. The van der Waals surface area contributed by atoms with Crippen LogP contribution in [-0.4, -0.2) is 4.98 Å². The standard InChI is InChI=1S/C10H7BrClNO/c1-6-9(14-10(12)13-6)7-2-4-8(11)5-3-7/h2-5H,1H3. The van der Waals surface area contributed by atoms with Crippen molar-refractivity contribution in [2.75, 3.05) is 0 Å². The van der Waals surface area contributed by atoms with Crippen LogP contribution in [0.5, 0.6) is 0 Å². The van der Waals surface area contributed by atoms with Crippen LogP contribution < -0.4 is 0 Å². The first-order valence-corrected chi connectivity index (χ1v) is 5.23. The van der Waals surface area contributed by atoms with Crippen molar-refractivity contribution in [2.24, 2.45) is 0 Å². The minimum atomic E-state index is 0.181. The molecule has 0 fully saturated rings. The Balaban J connectivity index is 2.49. The minimum Gasteiger partial charge on any atom is -0.427 e. The van der Waals surface area contributed by atoms with Gasteiger partial charge in [-0.15, -0.1) is 0 Å². The van der Waals surface area contributed by atoms with Crippen LogP contribution in [0.4, 0.5) is 0 Å². The van der Waals surface area contributed by atoms with Crippen molar-refractivity contribution in [1.29, 1.82) is 0 Å². The highest BCUT2D eigenvalue weighted by molar-refractivity contribution is 9.10. The fourth-order valence-electron chi connectivity index (χ4n) is 1.23. The molecule has 0 aliphatic rings. The molecule has 0 spiro atoms. The fraction of sp³-hybridized carbons (Fsp3) is 0.100. The summed E-state index contributed by atoms with van der Waals surface area (Å²) in [7, 11) is 0. The Morgan fingerprint density at radius 2 is 1.93 bits per heavy atom. The summed E-state index contributed by atoms with van der Waals surface area (Å²) in [4.78, 5) is 4.00. The van der Waals surface area contributed by atoms with Gasteiger partial charge >= 0.3 is 0 Å². The second kappa shape index (κ2) is 3.75. The van der Waals surface area contributed by atoms with E-state index < -0.39 is 0 Å². The highest BCUT2D eigenvalue weighted by Crippen LogP contribution is 2.27. The Morgan fingerprint density at radius 1 is 1.29 bits per heavy atom. The van der Waals surface area contributed by atoms with E-state index in [9.17, 15) is 0 Å². The van der Waals surface area contributed by atoms with Gasteiger partial charge in [-0.2, -0.15) is 0 Å². The van der Waals surface area contributed by atoms with Gasteiger partial charge in [0.25, 0.3) is 5.35 Å². The SMILES string of the molecule is Cc1nc(Cl)oc1-c1ccc(Br)cc1. The largest absolute Gasteiger partial charge is 0.427 e. The minimum absolute atomic E-state index is 0.181. The third-order valence-corrected chi connectivity index (χ3v) is 2.57. The number of aryl methyl sites for hydroxylation is 1. The van der Waals surface area contributed by atoms with Crippen LogP contribution in [0.2, 0.25) is 5.35 Å². The summed E-state index contributed by atoms with van der Waals surface area (Å²) in [5.41, 5.74) is 1.78. The first-order chi connectivity index (χ1) is 6.66. The summed E-state index contributed by atoms with van der Waals surface area (Å²) < 4.78 is 6.31. The summed E-state index contributed by atoms with van der Waals surface area (Å²) in [6.07, 6.45) is 0. The lowest BCUT2D eigenvalue weighted by molar-refractivity contribution is 0.573. The lowest BCUT2D eigenvalue weighted by Crippen LogP contribution is -1.77. The number of hydrogen-bond donors (Lipinski definition) is 0. The molecular formula is C10H7BrClNO. The van der Waals surface area contributed by atoms with Crippen molar-refractivity contribution in [1.82, 2.24) is 4.98 Å². The van der Waals surface area contributed by atoms with Crippen LogP contribution in [0.3, 0.4) is 0 Å². The van der Waals surface area contributed by atoms with Crippen molar-refractivity contribution in [2.45, 2.75) is 6.92 Å². The zero-order valence-corrected chi connectivity index (χ0v) is 9.76. The van der Waals surface area contributed by atoms with Gasteiger partial charge in [-0.25, -0.2) is 4.98 Å². The van der Waals surface area contributed by atoms with Crippen LogP contribution in [0.1, 0.15) is 5.69 Å². The van der Waals surface area contributed by atoms with Crippen molar-refractivity contribution >= 4 is 27.5 Å². The Kier molecular flexibility index (Phi) is 2.61. The van der Waals surface area contributed by atoms with Crippen LogP contribution in [0.25, 0.3) is 11.3 Å². The van der Waals surface area contributed by atoms with E-state index in [0.29, 0.717) is 0 Å². The average molecular weight is 273 g/mol. The number of benzene rings is 1. The summed E-state index contributed by atoms with van der Waals surface area (Å²) in [6, 6.07) is 7.80. The van der Waals surface area contributed by atoms with Gasteiger partial charge in [0.2, 0.25) is 0 Å². The lowest BCUT2D eigenvalue weighted by atomic mass is 10.1. The Labute approximate surface area is 95.0 Å². The van der Waals surface area contributed by atoms with Gasteiger partial charge in [0.1, 0.15) is 0 Å². The van der Waals surface area contributed by atoms with Gasteiger partial charge in [0.15, 0.2) is 5.76 Å². The molecule has 0 aliphatic carbocycles. The molecule has 2 nitrogen and oxygen atoms in total. The smallest absolute Gasteiger partial charge is 0.292 e. The predicted octanol–water partition coefficient (Wildman–Crippen LogP) is 4.07. The first-order valence-electron chi connectivity index (χ1n) is 4.05. The van der Waals surface area contributed by atoms with Crippen LogP contribution in [-0.2, 0) is 0 Å². The third-order valence-electron chi connectivity index (χ3n) is 1.88. The molecule has 0 bridgehead atoms. The molecule has 2 rings (SSSR count). The molecule has 1 heterocycles. The van der Waals surface area contributed by atoms with Crippen LogP contribution in [0, 0.1) is 6.92 Å². The average Bonchev–Trinajstić information content (AvgIpc) is 2.47. The van der Waals surface area contributed by atoms with E-state index in [1.807, 2.05) is 31.2 Å². The van der Waals surface area contributed by atoms with Gasteiger partial charge in [-0.1, -0.05) is 28.1 Å².